The van der Waals surface area contributed by atoms with Crippen molar-refractivity contribution in [3.63, 3.8) is 0 Å². The molecule has 0 amide bonds. The fraction of sp³-hybridized carbons (Fsp3) is 0.500. The van der Waals surface area contributed by atoms with Crippen molar-refractivity contribution in [3.05, 3.63) is 33.9 Å². The number of hydrogen-bond acceptors (Lipinski definition) is 6. The second-order valence-corrected chi connectivity index (χ2v) is 5.20. The molecule has 2 saturated heterocycles. The van der Waals surface area contributed by atoms with Crippen LogP contribution in [0.5, 0.6) is 0 Å². The van der Waals surface area contributed by atoms with Crippen LogP contribution in [0.3, 0.4) is 0 Å². The van der Waals surface area contributed by atoms with Crippen molar-refractivity contribution in [2.45, 2.75) is 18.6 Å². The Kier molecular flexibility index (Phi) is 3.49. The van der Waals surface area contributed by atoms with Gasteiger partial charge in [-0.1, -0.05) is 0 Å². The van der Waals surface area contributed by atoms with E-state index in [4.69, 9.17) is 14.7 Å². The lowest BCUT2D eigenvalue weighted by Crippen LogP contribution is -2.49. The molecule has 110 valence electrons. The van der Waals surface area contributed by atoms with E-state index in [0.29, 0.717) is 19.8 Å². The fourth-order valence-electron chi connectivity index (χ4n) is 2.91. The maximum Gasteiger partial charge on any atom is 0.287 e. The minimum atomic E-state index is -0.563. The lowest BCUT2D eigenvalue weighted by molar-refractivity contribution is -0.385. The van der Waals surface area contributed by atoms with Crippen molar-refractivity contribution in [1.82, 2.24) is 0 Å². The van der Waals surface area contributed by atoms with E-state index in [-0.39, 0.29) is 11.3 Å². The predicted molar refractivity (Wildman–Crippen MR) is 73.9 cm³/mol. The molecule has 0 unspecified atom stereocenters. The molecule has 2 aliphatic rings. The molecule has 0 aromatic heterocycles. The number of ether oxygens (including phenoxy) is 2. The number of piperidine rings is 1. The maximum atomic E-state index is 10.9. The Morgan fingerprint density at radius 1 is 1.38 bits per heavy atom. The topological polar surface area (TPSA) is 88.6 Å². The molecule has 1 aromatic carbocycles. The van der Waals surface area contributed by atoms with Crippen LogP contribution in [-0.2, 0) is 9.47 Å². The predicted octanol–water partition coefficient (Wildman–Crippen LogP) is 1.81. The molecule has 0 N–H and O–H groups in total. The Labute approximate surface area is 121 Å². The molecule has 0 bridgehead atoms. The van der Waals surface area contributed by atoms with Gasteiger partial charge in [-0.25, -0.2) is 0 Å². The minimum absolute atomic E-state index is 0.0744. The molecule has 0 radical (unpaired) electrons. The number of nitro groups is 1. The van der Waals surface area contributed by atoms with Crippen molar-refractivity contribution < 1.29 is 14.4 Å². The van der Waals surface area contributed by atoms with Crippen molar-refractivity contribution in [2.75, 3.05) is 31.2 Å². The average Bonchev–Trinajstić information content (AvgIpc) is 2.94. The minimum Gasteiger partial charge on any atom is -0.366 e. The van der Waals surface area contributed by atoms with Gasteiger partial charge in [0.15, 0.2) is 5.79 Å². The summed E-state index contributed by atoms with van der Waals surface area (Å²) in [6.07, 6.45) is 1.76. The van der Waals surface area contributed by atoms with Crippen LogP contribution in [-0.4, -0.2) is 37.0 Å². The van der Waals surface area contributed by atoms with Crippen LogP contribution in [0.25, 0.3) is 0 Å². The molecule has 2 fully saturated rings. The number of rotatable bonds is 2. The largest absolute Gasteiger partial charge is 0.366 e. The summed E-state index contributed by atoms with van der Waals surface area (Å²) in [7, 11) is 0. The van der Waals surface area contributed by atoms with Gasteiger partial charge >= 0.3 is 0 Å². The zero-order valence-electron chi connectivity index (χ0n) is 11.4. The number of nitro benzene ring substituents is 1. The van der Waals surface area contributed by atoms with Crippen molar-refractivity contribution in [2.24, 2.45) is 0 Å². The van der Waals surface area contributed by atoms with Gasteiger partial charge in [0.1, 0.15) is 11.6 Å². The van der Waals surface area contributed by atoms with Crippen LogP contribution >= 0.6 is 0 Å². The van der Waals surface area contributed by atoms with Crippen molar-refractivity contribution >= 4 is 11.4 Å². The van der Waals surface area contributed by atoms with E-state index in [9.17, 15) is 10.1 Å². The molecule has 7 heteroatoms. The second kappa shape index (κ2) is 5.31. The number of benzene rings is 1. The first kappa shape index (κ1) is 13.8. The molecule has 7 nitrogen and oxygen atoms in total. The first-order valence-corrected chi connectivity index (χ1v) is 6.85. The Balaban J connectivity index is 1.86. The highest BCUT2D eigenvalue weighted by atomic mass is 16.7. The van der Waals surface area contributed by atoms with Gasteiger partial charge in [-0.05, 0) is 18.6 Å². The summed E-state index contributed by atoms with van der Waals surface area (Å²) in [6.45, 7) is 2.59. The molecule has 1 aromatic rings. The summed E-state index contributed by atoms with van der Waals surface area (Å²) in [4.78, 5) is 12.4. The highest BCUT2D eigenvalue weighted by Gasteiger charge is 2.41. The Morgan fingerprint density at radius 3 is 2.81 bits per heavy atom. The number of nitrogens with zero attached hydrogens (tertiary/aromatic N) is 3. The number of nitriles is 1. The summed E-state index contributed by atoms with van der Waals surface area (Å²) >= 11 is 0. The van der Waals surface area contributed by atoms with E-state index in [0.717, 1.165) is 25.1 Å². The van der Waals surface area contributed by atoms with Gasteiger partial charge in [0.25, 0.3) is 5.69 Å². The Hall–Kier alpha value is -2.17. The van der Waals surface area contributed by atoms with Crippen LogP contribution in [0, 0.1) is 21.4 Å². The van der Waals surface area contributed by atoms with Crippen LogP contribution < -0.4 is 4.90 Å². The molecule has 21 heavy (non-hydrogen) atoms. The molecule has 2 heterocycles. The quantitative estimate of drug-likeness (QED) is 0.609. The van der Waals surface area contributed by atoms with Gasteiger partial charge in [0, 0.05) is 24.7 Å². The second-order valence-electron chi connectivity index (χ2n) is 5.20. The first-order chi connectivity index (χ1) is 10.1. The summed E-state index contributed by atoms with van der Waals surface area (Å²) in [6, 6.07) is 6.50. The van der Waals surface area contributed by atoms with Crippen molar-refractivity contribution in [1.29, 1.82) is 5.26 Å². The zero-order valence-corrected chi connectivity index (χ0v) is 11.4. The molecule has 2 aliphatic heterocycles. The third kappa shape index (κ3) is 2.55. The number of hydrogen-bond donors (Lipinski definition) is 0. The van der Waals surface area contributed by atoms with Gasteiger partial charge in [0.2, 0.25) is 0 Å². The lowest BCUT2D eigenvalue weighted by atomic mass is 10.0. The molecule has 3 rings (SSSR count). The smallest absolute Gasteiger partial charge is 0.287 e. The molecule has 0 aliphatic carbocycles. The highest BCUT2D eigenvalue weighted by molar-refractivity contribution is 5.60. The van der Waals surface area contributed by atoms with Gasteiger partial charge in [-0.15, -0.1) is 0 Å². The van der Waals surface area contributed by atoms with Gasteiger partial charge in [-0.2, -0.15) is 5.26 Å². The third-order valence-corrected chi connectivity index (χ3v) is 3.89. The maximum absolute atomic E-state index is 10.9. The zero-order chi connectivity index (χ0) is 14.9. The van der Waals surface area contributed by atoms with E-state index in [1.54, 1.807) is 12.1 Å². The van der Waals surface area contributed by atoms with Crippen molar-refractivity contribution in [3.8, 4) is 6.07 Å². The standard InChI is InChI=1S/C14H15N3O4/c15-9-11-8-12(2-3-13(11)17(18)19)16-5-1-4-14(10-16)20-6-7-21-14/h2-3,8H,1,4-7,10H2. The summed E-state index contributed by atoms with van der Waals surface area (Å²) < 4.78 is 11.4. The van der Waals surface area contributed by atoms with Crippen LogP contribution in [0.4, 0.5) is 11.4 Å². The van der Waals surface area contributed by atoms with E-state index in [1.165, 1.54) is 6.07 Å². The Bertz CT molecular complexity index is 605. The molecular weight excluding hydrogens is 274 g/mol. The third-order valence-electron chi connectivity index (χ3n) is 3.89. The van der Waals surface area contributed by atoms with E-state index in [1.807, 2.05) is 6.07 Å². The van der Waals surface area contributed by atoms with Gasteiger partial charge in [-0.3, -0.25) is 10.1 Å². The summed E-state index contributed by atoms with van der Waals surface area (Å²) in [5.74, 6) is -0.563. The van der Waals surface area contributed by atoms with Gasteiger partial charge in [0.05, 0.1) is 24.7 Å². The van der Waals surface area contributed by atoms with Crippen LogP contribution in [0.15, 0.2) is 18.2 Å². The van der Waals surface area contributed by atoms with Gasteiger partial charge < -0.3 is 14.4 Å². The normalized spacial score (nSPS) is 20.4. The van der Waals surface area contributed by atoms with E-state index in [2.05, 4.69) is 4.90 Å². The highest BCUT2D eigenvalue weighted by Crippen LogP contribution is 2.33. The SMILES string of the molecule is N#Cc1cc(N2CCCC3(C2)OCCO3)ccc1[N+](=O)[O-]. The molecular formula is C14H15N3O4. The Morgan fingerprint density at radius 2 is 2.14 bits per heavy atom. The fourth-order valence-corrected chi connectivity index (χ4v) is 2.91. The lowest BCUT2D eigenvalue weighted by Gasteiger charge is -2.39. The summed E-state index contributed by atoms with van der Waals surface area (Å²) in [5, 5.41) is 19.9. The van der Waals surface area contributed by atoms with E-state index >= 15 is 0 Å². The molecule has 1 spiro atoms. The monoisotopic (exact) mass is 289 g/mol. The van der Waals surface area contributed by atoms with E-state index < -0.39 is 10.7 Å². The first-order valence-electron chi connectivity index (χ1n) is 6.85. The molecule has 0 saturated carbocycles. The summed E-state index contributed by atoms with van der Waals surface area (Å²) in [5.41, 5.74) is 0.696. The number of anilines is 1. The van der Waals surface area contributed by atoms with Crippen LogP contribution in [0.2, 0.25) is 0 Å². The average molecular weight is 289 g/mol. The van der Waals surface area contributed by atoms with Crippen LogP contribution in [0.1, 0.15) is 18.4 Å². The molecule has 0 atom stereocenters.